The van der Waals surface area contributed by atoms with Gasteiger partial charge in [-0.2, -0.15) is 0 Å². The second-order valence-corrected chi connectivity index (χ2v) is 3.31. The predicted molar refractivity (Wildman–Crippen MR) is 45.9 cm³/mol. The van der Waals surface area contributed by atoms with Crippen LogP contribution in [0.3, 0.4) is 0 Å². The van der Waals surface area contributed by atoms with Gasteiger partial charge in [0, 0.05) is 12.8 Å². The fraction of sp³-hybridized carbons (Fsp3) is 0.400. The van der Waals surface area contributed by atoms with Crippen LogP contribution in [0.5, 0.6) is 0 Å². The standard InChI is InChI=1S/C10H12O2/c11-9-5-7-3-1-2-4-8(7)6-10(9)12/h1-4,9-12H,5-6H2. The number of aliphatic hydroxyl groups is 2. The minimum Gasteiger partial charge on any atom is -0.390 e. The molecule has 0 heterocycles. The number of aliphatic hydroxyl groups excluding tert-OH is 2. The molecule has 0 radical (unpaired) electrons. The summed E-state index contributed by atoms with van der Waals surface area (Å²) < 4.78 is 0. The lowest BCUT2D eigenvalue weighted by Gasteiger charge is -2.25. The van der Waals surface area contributed by atoms with Crippen molar-refractivity contribution in [1.29, 1.82) is 0 Å². The van der Waals surface area contributed by atoms with E-state index in [1.165, 1.54) is 0 Å². The van der Waals surface area contributed by atoms with Crippen molar-refractivity contribution in [3.05, 3.63) is 35.4 Å². The van der Waals surface area contributed by atoms with Crippen LogP contribution in [0.1, 0.15) is 11.1 Å². The molecule has 1 aromatic carbocycles. The molecule has 2 nitrogen and oxygen atoms in total. The Morgan fingerprint density at radius 3 is 1.75 bits per heavy atom. The molecule has 0 aliphatic heterocycles. The molecular formula is C10H12O2. The van der Waals surface area contributed by atoms with Crippen molar-refractivity contribution in [2.75, 3.05) is 0 Å². The quantitative estimate of drug-likeness (QED) is 0.586. The zero-order chi connectivity index (χ0) is 8.55. The number of hydrogen-bond acceptors (Lipinski definition) is 2. The van der Waals surface area contributed by atoms with Crippen molar-refractivity contribution in [3.8, 4) is 0 Å². The fourth-order valence-electron chi connectivity index (χ4n) is 1.68. The summed E-state index contributed by atoms with van der Waals surface area (Å²) in [7, 11) is 0. The number of rotatable bonds is 0. The summed E-state index contributed by atoms with van der Waals surface area (Å²) in [5.41, 5.74) is 2.32. The van der Waals surface area contributed by atoms with Gasteiger partial charge in [-0.3, -0.25) is 0 Å². The minimum absolute atomic E-state index is 0.581. The van der Waals surface area contributed by atoms with Gasteiger partial charge in [0.2, 0.25) is 0 Å². The van der Waals surface area contributed by atoms with Gasteiger partial charge in [0.25, 0.3) is 0 Å². The van der Waals surface area contributed by atoms with E-state index in [0.717, 1.165) is 11.1 Å². The molecule has 2 N–H and O–H groups in total. The SMILES string of the molecule is OC1Cc2ccccc2CC1O. The summed E-state index contributed by atoms with van der Waals surface area (Å²) in [6.45, 7) is 0. The Bertz CT molecular complexity index is 254. The normalized spacial score (nSPS) is 28.2. The largest absolute Gasteiger partial charge is 0.390 e. The van der Waals surface area contributed by atoms with Crippen molar-refractivity contribution in [2.45, 2.75) is 25.0 Å². The third kappa shape index (κ3) is 1.24. The third-order valence-corrected chi connectivity index (χ3v) is 2.42. The molecule has 1 aromatic rings. The minimum atomic E-state index is -0.583. The average Bonchev–Trinajstić information content (AvgIpc) is 2.07. The van der Waals surface area contributed by atoms with Crippen LogP contribution in [-0.2, 0) is 12.8 Å². The van der Waals surface area contributed by atoms with Crippen LogP contribution in [-0.4, -0.2) is 22.4 Å². The van der Waals surface area contributed by atoms with E-state index in [0.29, 0.717) is 12.8 Å². The van der Waals surface area contributed by atoms with Crippen LogP contribution in [0.2, 0.25) is 0 Å². The Balaban J connectivity index is 2.34. The molecule has 0 bridgehead atoms. The summed E-state index contributed by atoms with van der Waals surface area (Å²) in [5.74, 6) is 0. The van der Waals surface area contributed by atoms with E-state index >= 15 is 0 Å². The van der Waals surface area contributed by atoms with Gasteiger partial charge in [0.05, 0.1) is 12.2 Å². The van der Waals surface area contributed by atoms with E-state index in [1.54, 1.807) is 0 Å². The van der Waals surface area contributed by atoms with E-state index in [9.17, 15) is 10.2 Å². The molecule has 2 heteroatoms. The molecule has 1 aliphatic rings. The second kappa shape index (κ2) is 2.88. The molecule has 12 heavy (non-hydrogen) atoms. The monoisotopic (exact) mass is 164 g/mol. The van der Waals surface area contributed by atoms with Gasteiger partial charge in [0.15, 0.2) is 0 Å². The van der Waals surface area contributed by atoms with Crippen LogP contribution >= 0.6 is 0 Å². The number of hydrogen-bond donors (Lipinski definition) is 2. The Kier molecular flexibility index (Phi) is 1.87. The summed E-state index contributed by atoms with van der Waals surface area (Å²) in [6, 6.07) is 7.93. The zero-order valence-electron chi connectivity index (χ0n) is 6.77. The van der Waals surface area contributed by atoms with Crippen LogP contribution in [0.4, 0.5) is 0 Å². The fourth-order valence-corrected chi connectivity index (χ4v) is 1.68. The first kappa shape index (κ1) is 7.77. The van der Waals surface area contributed by atoms with Gasteiger partial charge in [0.1, 0.15) is 0 Å². The molecule has 64 valence electrons. The van der Waals surface area contributed by atoms with Crippen molar-refractivity contribution >= 4 is 0 Å². The maximum atomic E-state index is 9.37. The number of benzene rings is 1. The molecule has 0 spiro atoms. The summed E-state index contributed by atoms with van der Waals surface area (Å²) in [6.07, 6.45) is -0.00546. The Labute approximate surface area is 71.5 Å². The van der Waals surface area contributed by atoms with E-state index in [2.05, 4.69) is 0 Å². The van der Waals surface area contributed by atoms with E-state index in [4.69, 9.17) is 0 Å². The zero-order valence-corrected chi connectivity index (χ0v) is 6.77. The maximum absolute atomic E-state index is 9.37. The molecule has 0 amide bonds. The van der Waals surface area contributed by atoms with Crippen LogP contribution in [0.15, 0.2) is 24.3 Å². The lowest BCUT2D eigenvalue weighted by atomic mass is 9.88. The third-order valence-electron chi connectivity index (χ3n) is 2.42. The van der Waals surface area contributed by atoms with Crippen molar-refractivity contribution in [2.24, 2.45) is 0 Å². The van der Waals surface area contributed by atoms with E-state index in [1.807, 2.05) is 24.3 Å². The van der Waals surface area contributed by atoms with Crippen molar-refractivity contribution in [1.82, 2.24) is 0 Å². The van der Waals surface area contributed by atoms with E-state index in [-0.39, 0.29) is 0 Å². The smallest absolute Gasteiger partial charge is 0.0842 e. The van der Waals surface area contributed by atoms with Gasteiger partial charge in [-0.1, -0.05) is 24.3 Å². The van der Waals surface area contributed by atoms with Gasteiger partial charge < -0.3 is 10.2 Å². The maximum Gasteiger partial charge on any atom is 0.0842 e. The summed E-state index contributed by atoms with van der Waals surface area (Å²) in [5, 5.41) is 18.7. The van der Waals surface area contributed by atoms with Gasteiger partial charge >= 0.3 is 0 Å². The first-order valence-electron chi connectivity index (χ1n) is 4.20. The van der Waals surface area contributed by atoms with Gasteiger partial charge in [-0.05, 0) is 11.1 Å². The molecule has 0 saturated heterocycles. The van der Waals surface area contributed by atoms with Crippen LogP contribution in [0, 0.1) is 0 Å². The lowest BCUT2D eigenvalue weighted by molar-refractivity contribution is 0.0141. The summed E-state index contributed by atoms with van der Waals surface area (Å²) >= 11 is 0. The second-order valence-electron chi connectivity index (χ2n) is 3.31. The van der Waals surface area contributed by atoms with E-state index < -0.39 is 12.2 Å². The highest BCUT2D eigenvalue weighted by molar-refractivity contribution is 5.30. The molecule has 1 aliphatic carbocycles. The first-order chi connectivity index (χ1) is 5.77. The molecular weight excluding hydrogens is 152 g/mol. The Morgan fingerprint density at radius 2 is 1.33 bits per heavy atom. The topological polar surface area (TPSA) is 40.5 Å². The highest BCUT2D eigenvalue weighted by Gasteiger charge is 2.23. The van der Waals surface area contributed by atoms with Crippen molar-refractivity contribution in [3.63, 3.8) is 0 Å². The number of fused-ring (bicyclic) bond motifs is 1. The van der Waals surface area contributed by atoms with Crippen LogP contribution < -0.4 is 0 Å². The first-order valence-corrected chi connectivity index (χ1v) is 4.20. The molecule has 2 rings (SSSR count). The highest BCUT2D eigenvalue weighted by atomic mass is 16.3. The molecule has 0 saturated carbocycles. The predicted octanol–water partition coefficient (Wildman–Crippen LogP) is 0.507. The van der Waals surface area contributed by atoms with Gasteiger partial charge in [-0.25, -0.2) is 0 Å². The highest BCUT2D eigenvalue weighted by Crippen LogP contribution is 2.21. The molecule has 0 fully saturated rings. The van der Waals surface area contributed by atoms with Gasteiger partial charge in [-0.15, -0.1) is 0 Å². The van der Waals surface area contributed by atoms with Crippen LogP contribution in [0.25, 0.3) is 0 Å². The average molecular weight is 164 g/mol. The molecule has 2 unspecified atom stereocenters. The Hall–Kier alpha value is -0.860. The molecule has 0 aromatic heterocycles. The Morgan fingerprint density at radius 1 is 0.917 bits per heavy atom. The summed E-state index contributed by atoms with van der Waals surface area (Å²) in [4.78, 5) is 0. The van der Waals surface area contributed by atoms with Crippen molar-refractivity contribution < 1.29 is 10.2 Å². The lowest BCUT2D eigenvalue weighted by Crippen LogP contribution is -2.34. The molecule has 2 atom stereocenters.